The minimum absolute atomic E-state index is 0.490. The highest BCUT2D eigenvalue weighted by Crippen LogP contribution is 2.29. The number of halogens is 1. The number of benzene rings is 1. The van der Waals surface area contributed by atoms with Gasteiger partial charge in [-0.25, -0.2) is 0 Å². The second-order valence-electron chi connectivity index (χ2n) is 5.40. The van der Waals surface area contributed by atoms with Gasteiger partial charge in [-0.2, -0.15) is 0 Å². The van der Waals surface area contributed by atoms with Gasteiger partial charge in [0.1, 0.15) is 5.58 Å². The third-order valence-electron chi connectivity index (χ3n) is 3.64. The minimum Gasteiger partial charge on any atom is -0.444 e. The molecule has 0 spiro atoms. The molecule has 1 aromatic heterocycles. The van der Waals surface area contributed by atoms with Crippen LogP contribution in [0.25, 0.3) is 11.0 Å². The lowest BCUT2D eigenvalue weighted by molar-refractivity contribution is 0.122. The van der Waals surface area contributed by atoms with Gasteiger partial charge < -0.3 is 14.5 Å². The molecule has 2 aromatic rings. The Labute approximate surface area is 124 Å². The predicted octanol–water partition coefficient (Wildman–Crippen LogP) is 3.99. The quantitative estimate of drug-likeness (QED) is 0.747. The Morgan fingerprint density at radius 3 is 3.00 bits per heavy atom. The summed E-state index contributed by atoms with van der Waals surface area (Å²) in [7, 11) is 0. The molecule has 0 bridgehead atoms. The molecular formula is C16H20ClNO2. The highest BCUT2D eigenvalue weighted by Gasteiger charge is 2.20. The molecule has 3 rings (SSSR count). The van der Waals surface area contributed by atoms with Gasteiger partial charge in [-0.15, -0.1) is 0 Å². The number of para-hydroxylation sites is 1. The van der Waals surface area contributed by atoms with Crippen LogP contribution in [-0.2, 0) is 11.3 Å². The van der Waals surface area contributed by atoms with Gasteiger partial charge in [0.05, 0.1) is 0 Å². The molecule has 108 valence electrons. The first-order chi connectivity index (χ1) is 9.84. The number of ether oxygens (including phenoxy) is 1. The van der Waals surface area contributed by atoms with Crippen LogP contribution in [0.4, 0.5) is 0 Å². The van der Waals surface area contributed by atoms with E-state index in [-0.39, 0.29) is 0 Å². The molecule has 1 aliphatic carbocycles. The van der Waals surface area contributed by atoms with Gasteiger partial charge in [0.15, 0.2) is 5.22 Å². The summed E-state index contributed by atoms with van der Waals surface area (Å²) in [6, 6.07) is 7.94. The average molecular weight is 294 g/mol. The maximum atomic E-state index is 6.14. The summed E-state index contributed by atoms with van der Waals surface area (Å²) in [6.45, 7) is 3.44. The van der Waals surface area contributed by atoms with Crippen molar-refractivity contribution >= 4 is 22.6 Å². The lowest BCUT2D eigenvalue weighted by Gasteiger charge is -2.05. The zero-order chi connectivity index (χ0) is 13.8. The second kappa shape index (κ2) is 6.61. The molecule has 1 aromatic carbocycles. The van der Waals surface area contributed by atoms with Gasteiger partial charge in [0.2, 0.25) is 0 Å². The monoisotopic (exact) mass is 293 g/mol. The van der Waals surface area contributed by atoms with Gasteiger partial charge in [-0.3, -0.25) is 0 Å². The lowest BCUT2D eigenvalue weighted by Crippen LogP contribution is -2.16. The molecule has 1 heterocycles. The molecule has 0 aliphatic heterocycles. The number of fused-ring (bicyclic) bond motifs is 1. The van der Waals surface area contributed by atoms with Gasteiger partial charge in [-0.1, -0.05) is 18.2 Å². The number of furan rings is 1. The van der Waals surface area contributed by atoms with Crippen LogP contribution in [-0.4, -0.2) is 19.8 Å². The second-order valence-corrected chi connectivity index (χ2v) is 5.74. The summed E-state index contributed by atoms with van der Waals surface area (Å²) in [6.07, 6.45) is 3.73. The van der Waals surface area contributed by atoms with Crippen molar-refractivity contribution in [2.45, 2.75) is 25.8 Å². The Balaban J connectivity index is 1.41. The smallest absolute Gasteiger partial charge is 0.199 e. The van der Waals surface area contributed by atoms with E-state index >= 15 is 0 Å². The maximum absolute atomic E-state index is 6.14. The van der Waals surface area contributed by atoms with Crippen LogP contribution < -0.4 is 5.32 Å². The highest BCUT2D eigenvalue weighted by atomic mass is 35.5. The Morgan fingerprint density at radius 2 is 2.15 bits per heavy atom. The van der Waals surface area contributed by atoms with Crippen LogP contribution in [0.1, 0.15) is 24.8 Å². The Hall–Kier alpha value is -1.03. The van der Waals surface area contributed by atoms with Crippen molar-refractivity contribution in [1.82, 2.24) is 5.32 Å². The maximum Gasteiger partial charge on any atom is 0.199 e. The summed E-state index contributed by atoms with van der Waals surface area (Å²) in [5.74, 6) is 0.846. The van der Waals surface area contributed by atoms with Crippen LogP contribution in [0.3, 0.4) is 0 Å². The molecule has 0 saturated heterocycles. The normalized spacial score (nSPS) is 15.1. The summed E-state index contributed by atoms with van der Waals surface area (Å²) >= 11 is 6.14. The predicted molar refractivity (Wildman–Crippen MR) is 81.1 cm³/mol. The van der Waals surface area contributed by atoms with Crippen LogP contribution in [0, 0.1) is 5.92 Å². The zero-order valence-corrected chi connectivity index (χ0v) is 12.3. The van der Waals surface area contributed by atoms with Crippen molar-refractivity contribution in [3.8, 4) is 0 Å². The van der Waals surface area contributed by atoms with Gasteiger partial charge >= 0.3 is 0 Å². The van der Waals surface area contributed by atoms with E-state index in [1.54, 1.807) is 0 Å². The van der Waals surface area contributed by atoms with E-state index in [1.165, 1.54) is 12.8 Å². The van der Waals surface area contributed by atoms with Crippen molar-refractivity contribution in [2.24, 2.45) is 5.92 Å². The van der Waals surface area contributed by atoms with E-state index in [0.717, 1.165) is 55.2 Å². The molecule has 1 fully saturated rings. The van der Waals surface area contributed by atoms with Gasteiger partial charge in [-0.05, 0) is 49.4 Å². The Bertz CT molecular complexity index is 563. The molecule has 20 heavy (non-hydrogen) atoms. The minimum atomic E-state index is 0.490. The largest absolute Gasteiger partial charge is 0.444 e. The summed E-state index contributed by atoms with van der Waals surface area (Å²) in [5.41, 5.74) is 1.89. The van der Waals surface area contributed by atoms with Gasteiger partial charge in [0.25, 0.3) is 0 Å². The van der Waals surface area contributed by atoms with Crippen LogP contribution in [0.5, 0.6) is 0 Å². The zero-order valence-electron chi connectivity index (χ0n) is 11.5. The molecule has 0 atom stereocenters. The first kappa shape index (κ1) is 13.9. The van der Waals surface area contributed by atoms with Crippen LogP contribution >= 0.6 is 11.6 Å². The molecule has 1 N–H and O–H groups in total. The molecule has 3 nitrogen and oxygen atoms in total. The third kappa shape index (κ3) is 3.54. The molecule has 0 amide bonds. The summed E-state index contributed by atoms with van der Waals surface area (Å²) < 4.78 is 11.1. The number of rotatable bonds is 8. The number of hydrogen-bond acceptors (Lipinski definition) is 3. The van der Waals surface area contributed by atoms with Crippen molar-refractivity contribution in [1.29, 1.82) is 0 Å². The van der Waals surface area contributed by atoms with Crippen molar-refractivity contribution in [3.63, 3.8) is 0 Å². The van der Waals surface area contributed by atoms with E-state index in [2.05, 4.69) is 5.32 Å². The molecule has 0 unspecified atom stereocenters. The molecule has 1 saturated carbocycles. The van der Waals surface area contributed by atoms with Crippen LogP contribution in [0.2, 0.25) is 5.22 Å². The summed E-state index contributed by atoms with van der Waals surface area (Å²) in [5, 5.41) is 4.98. The van der Waals surface area contributed by atoms with E-state index in [4.69, 9.17) is 20.8 Å². The molecule has 1 aliphatic rings. The molecule has 4 heteroatoms. The van der Waals surface area contributed by atoms with Crippen molar-refractivity contribution in [2.75, 3.05) is 19.8 Å². The van der Waals surface area contributed by atoms with Gasteiger partial charge in [0, 0.05) is 30.7 Å². The van der Waals surface area contributed by atoms with Crippen molar-refractivity contribution < 1.29 is 9.15 Å². The number of hydrogen-bond donors (Lipinski definition) is 1. The van der Waals surface area contributed by atoms with Crippen LogP contribution in [0.15, 0.2) is 28.7 Å². The highest BCUT2D eigenvalue weighted by molar-refractivity contribution is 6.30. The Kier molecular flexibility index (Phi) is 4.61. The summed E-state index contributed by atoms with van der Waals surface area (Å²) in [4.78, 5) is 0. The van der Waals surface area contributed by atoms with Crippen molar-refractivity contribution in [3.05, 3.63) is 35.0 Å². The number of nitrogens with one attached hydrogen (secondary N) is 1. The molecular weight excluding hydrogens is 274 g/mol. The van der Waals surface area contributed by atoms with E-state index in [9.17, 15) is 0 Å². The van der Waals surface area contributed by atoms with E-state index < -0.39 is 0 Å². The fraction of sp³-hybridized carbons (Fsp3) is 0.500. The fourth-order valence-electron chi connectivity index (χ4n) is 2.28. The molecule has 0 radical (unpaired) electrons. The Morgan fingerprint density at radius 1 is 1.30 bits per heavy atom. The average Bonchev–Trinajstić information content (AvgIpc) is 3.22. The standard InChI is InChI=1S/C16H20ClNO2/c17-16-14(13-4-1-2-5-15(13)20-16)10-18-8-3-9-19-11-12-6-7-12/h1-2,4-5,12,18H,3,6-11H2. The van der Waals surface area contributed by atoms with E-state index in [1.807, 2.05) is 24.3 Å². The first-order valence-corrected chi connectivity index (χ1v) is 7.67. The first-order valence-electron chi connectivity index (χ1n) is 7.29. The SMILES string of the molecule is Clc1oc2ccccc2c1CNCCCOCC1CC1. The van der Waals surface area contributed by atoms with E-state index in [0.29, 0.717) is 5.22 Å². The topological polar surface area (TPSA) is 34.4 Å². The fourth-order valence-corrected chi connectivity index (χ4v) is 2.53. The lowest BCUT2D eigenvalue weighted by atomic mass is 10.2. The third-order valence-corrected chi connectivity index (χ3v) is 3.95.